The van der Waals surface area contributed by atoms with Crippen molar-refractivity contribution in [1.29, 1.82) is 0 Å². The topological polar surface area (TPSA) is 39.2 Å². The van der Waals surface area contributed by atoms with E-state index in [2.05, 4.69) is 4.42 Å². The van der Waals surface area contributed by atoms with Crippen LogP contribution in [0.5, 0.6) is 0 Å². The summed E-state index contributed by atoms with van der Waals surface area (Å²) < 4.78 is 4.59. The van der Waals surface area contributed by atoms with Crippen LogP contribution in [-0.2, 0) is 0 Å². The zero-order valence-electron chi connectivity index (χ0n) is 3.22. The number of hydrogen-bond acceptors (Lipinski definition) is 2. The fourth-order valence-corrected chi connectivity index (χ4v) is 0.275. The summed E-state index contributed by atoms with van der Waals surface area (Å²) in [5.41, 5.74) is 5.86. The van der Waals surface area contributed by atoms with Crippen molar-refractivity contribution in [3.8, 4) is 0 Å². The second-order valence-electron chi connectivity index (χ2n) is 1.06. The minimum Gasteiger partial charge on any atom is -0.470 e. The van der Waals surface area contributed by atoms with Gasteiger partial charge in [-0.05, 0) is 6.07 Å². The summed E-state index contributed by atoms with van der Waals surface area (Å²) in [6.45, 7) is 0. The number of anilines is 1. The molecule has 1 aromatic heterocycles. The lowest BCUT2D eigenvalue weighted by Crippen LogP contribution is -1.74. The molecular formula is C4H5NO. The van der Waals surface area contributed by atoms with E-state index in [4.69, 9.17) is 5.73 Å². The Morgan fingerprint density at radius 3 is 2.67 bits per heavy atom. The smallest absolute Gasteiger partial charge is 0.113 e. The molecule has 0 aliphatic carbocycles. The molecule has 0 fully saturated rings. The zero-order chi connectivity index (χ0) is 4.41. The van der Waals surface area contributed by atoms with Crippen molar-refractivity contribution in [2.45, 2.75) is 0 Å². The number of furan rings is 1. The van der Waals surface area contributed by atoms with Crippen LogP contribution in [0, 0.1) is 0 Å². The van der Waals surface area contributed by atoms with Crippen LogP contribution in [0.1, 0.15) is 0 Å². The average molecular weight is 83.1 g/mol. The van der Waals surface area contributed by atoms with E-state index in [1.807, 2.05) is 0 Å². The van der Waals surface area contributed by atoms with Gasteiger partial charge in [-0.3, -0.25) is 0 Å². The Morgan fingerprint density at radius 1 is 1.67 bits per heavy atom. The van der Waals surface area contributed by atoms with Crippen molar-refractivity contribution in [1.82, 2.24) is 0 Å². The highest BCUT2D eigenvalue weighted by Crippen LogP contribution is 1.97. The molecule has 0 saturated carbocycles. The van der Waals surface area contributed by atoms with Gasteiger partial charge in [0.2, 0.25) is 0 Å². The third-order valence-corrected chi connectivity index (χ3v) is 0.543. The van der Waals surface area contributed by atoms with Gasteiger partial charge in [0.15, 0.2) is 0 Å². The summed E-state index contributed by atoms with van der Waals surface area (Å²) in [6, 6.07) is 1.69. The quantitative estimate of drug-likeness (QED) is 0.505. The Bertz CT molecular complexity index is 111. The molecule has 2 nitrogen and oxygen atoms in total. The highest BCUT2D eigenvalue weighted by molar-refractivity contribution is 5.30. The van der Waals surface area contributed by atoms with E-state index in [9.17, 15) is 0 Å². The van der Waals surface area contributed by atoms with Gasteiger partial charge in [0, 0.05) is 0 Å². The molecule has 0 amide bonds. The normalized spacial score (nSPS) is 8.67. The van der Waals surface area contributed by atoms with E-state index in [0.29, 0.717) is 5.69 Å². The number of nitrogens with two attached hydrogens (primary N) is 1. The van der Waals surface area contributed by atoms with E-state index in [1.165, 1.54) is 12.5 Å². The van der Waals surface area contributed by atoms with Crippen molar-refractivity contribution in [3.63, 3.8) is 0 Å². The van der Waals surface area contributed by atoms with Crippen molar-refractivity contribution in [3.05, 3.63) is 18.6 Å². The largest absolute Gasteiger partial charge is 0.470 e. The summed E-state index contributed by atoms with van der Waals surface area (Å²) in [7, 11) is 0. The molecule has 0 atom stereocenters. The molecule has 0 bridgehead atoms. The molecule has 0 aromatic carbocycles. The Morgan fingerprint density at radius 2 is 2.50 bits per heavy atom. The molecule has 0 saturated heterocycles. The first-order valence-corrected chi connectivity index (χ1v) is 1.67. The van der Waals surface area contributed by atoms with Gasteiger partial charge in [-0.25, -0.2) is 0 Å². The molecule has 2 N–H and O–H groups in total. The lowest BCUT2D eigenvalue weighted by molar-refractivity contribution is 0.568. The fraction of sp³-hybridized carbons (Fsp3) is 0. The van der Waals surface area contributed by atoms with E-state index >= 15 is 0 Å². The predicted octanol–water partition coefficient (Wildman–Crippen LogP) is 0.862. The van der Waals surface area contributed by atoms with Crippen molar-refractivity contribution < 1.29 is 4.42 Å². The van der Waals surface area contributed by atoms with Crippen molar-refractivity contribution in [2.24, 2.45) is 0 Å². The number of rotatable bonds is 0. The van der Waals surface area contributed by atoms with Crippen LogP contribution in [0.4, 0.5) is 5.69 Å². The van der Waals surface area contributed by atoms with Gasteiger partial charge in [-0.2, -0.15) is 0 Å². The molecule has 0 radical (unpaired) electrons. The maximum absolute atomic E-state index is 5.18. The molecule has 1 rings (SSSR count). The molecule has 0 unspecified atom stereocenters. The van der Waals surface area contributed by atoms with Gasteiger partial charge in [-0.15, -0.1) is 0 Å². The maximum atomic E-state index is 5.18. The first-order chi connectivity index (χ1) is 2.89. The Kier molecular flexibility index (Phi) is 0.572. The Balaban J connectivity index is 3.05. The minimum atomic E-state index is 0.676. The first kappa shape index (κ1) is 3.28. The zero-order valence-corrected chi connectivity index (χ0v) is 3.22. The van der Waals surface area contributed by atoms with Gasteiger partial charge in [0.1, 0.15) is 6.26 Å². The molecule has 32 valence electrons. The van der Waals surface area contributed by atoms with Crippen LogP contribution in [0.2, 0.25) is 0 Å². The molecule has 1 heterocycles. The van der Waals surface area contributed by atoms with Gasteiger partial charge in [-0.1, -0.05) is 0 Å². The first-order valence-electron chi connectivity index (χ1n) is 1.67. The second-order valence-corrected chi connectivity index (χ2v) is 1.06. The van der Waals surface area contributed by atoms with Crippen molar-refractivity contribution in [2.75, 3.05) is 5.73 Å². The average Bonchev–Trinajstić information content (AvgIpc) is 1.86. The van der Waals surface area contributed by atoms with Crippen LogP contribution in [0.25, 0.3) is 0 Å². The van der Waals surface area contributed by atoms with E-state index in [1.54, 1.807) is 6.07 Å². The van der Waals surface area contributed by atoms with E-state index < -0.39 is 0 Å². The predicted molar refractivity (Wildman–Crippen MR) is 23.1 cm³/mol. The highest BCUT2D eigenvalue weighted by Gasteiger charge is 1.76. The summed E-state index contributed by atoms with van der Waals surface area (Å²) in [5.74, 6) is 0. The maximum Gasteiger partial charge on any atom is 0.113 e. The number of hydrogen-bond donors (Lipinski definition) is 1. The van der Waals surface area contributed by atoms with Crippen LogP contribution < -0.4 is 5.73 Å². The van der Waals surface area contributed by atoms with Gasteiger partial charge in [0.25, 0.3) is 0 Å². The Labute approximate surface area is 35.6 Å². The molecule has 0 spiro atoms. The third-order valence-electron chi connectivity index (χ3n) is 0.543. The van der Waals surface area contributed by atoms with Gasteiger partial charge >= 0.3 is 0 Å². The summed E-state index contributed by atoms with van der Waals surface area (Å²) in [4.78, 5) is 0. The fourth-order valence-electron chi connectivity index (χ4n) is 0.275. The molecule has 6 heavy (non-hydrogen) atoms. The summed E-state index contributed by atoms with van der Waals surface area (Å²) >= 11 is 0. The van der Waals surface area contributed by atoms with Crippen LogP contribution >= 0.6 is 0 Å². The second kappa shape index (κ2) is 1.05. The van der Waals surface area contributed by atoms with E-state index in [-0.39, 0.29) is 0 Å². The monoisotopic (exact) mass is 83.0 g/mol. The van der Waals surface area contributed by atoms with Gasteiger partial charge < -0.3 is 10.2 Å². The molecule has 1 aromatic rings. The summed E-state index contributed by atoms with van der Waals surface area (Å²) in [5, 5.41) is 0. The number of nitrogen functional groups attached to an aromatic ring is 1. The van der Waals surface area contributed by atoms with Gasteiger partial charge in [0.05, 0.1) is 12.0 Å². The Hall–Kier alpha value is -0.920. The lowest BCUT2D eigenvalue weighted by Gasteiger charge is -1.66. The summed E-state index contributed by atoms with van der Waals surface area (Å²) in [6.07, 6.45) is 3.02. The van der Waals surface area contributed by atoms with Crippen molar-refractivity contribution >= 4 is 5.69 Å². The minimum absolute atomic E-state index is 0.676. The van der Waals surface area contributed by atoms with Crippen LogP contribution in [0.3, 0.4) is 0 Å². The third kappa shape index (κ3) is 0.360. The highest BCUT2D eigenvalue weighted by atomic mass is 16.3. The van der Waals surface area contributed by atoms with Crippen LogP contribution in [-0.4, -0.2) is 0 Å². The molecule has 0 aliphatic rings. The molecule has 0 aliphatic heterocycles. The van der Waals surface area contributed by atoms with E-state index in [0.717, 1.165) is 0 Å². The SMILES string of the molecule is Nc1ccoc1. The standard InChI is InChI=1S/C4H5NO/c5-4-1-2-6-3-4/h1-3H,5H2. The van der Waals surface area contributed by atoms with Crippen LogP contribution in [0.15, 0.2) is 23.0 Å². The molecule has 2 heteroatoms. The molecular weight excluding hydrogens is 78.0 g/mol. The lowest BCUT2D eigenvalue weighted by atomic mass is 10.6.